The maximum Gasteiger partial charge on any atom is 0.226 e. The van der Waals surface area contributed by atoms with Crippen molar-refractivity contribution in [3.63, 3.8) is 0 Å². The monoisotopic (exact) mass is 296 g/mol. The number of benzene rings is 1. The fraction of sp³-hybridized carbons (Fsp3) is 0.533. The largest absolute Gasteiger partial charge is 0.497 e. The van der Waals surface area contributed by atoms with Crippen LogP contribution in [0.25, 0.3) is 0 Å². The summed E-state index contributed by atoms with van der Waals surface area (Å²) in [5.74, 6) is 1.09. The third-order valence-corrected chi connectivity index (χ3v) is 3.02. The number of aliphatic hydroxyl groups excluding tert-OH is 1. The number of carbonyl (C=O) groups excluding carboxylic acids is 1. The van der Waals surface area contributed by atoms with Gasteiger partial charge < -0.3 is 25.2 Å². The molecule has 0 bridgehead atoms. The van der Waals surface area contributed by atoms with Gasteiger partial charge in [-0.25, -0.2) is 0 Å². The Morgan fingerprint density at radius 2 is 1.95 bits per heavy atom. The number of carbonyl (C=O) groups is 1. The van der Waals surface area contributed by atoms with Crippen LogP contribution in [-0.2, 0) is 4.79 Å². The number of amides is 1. The van der Waals surface area contributed by atoms with Crippen LogP contribution in [0.1, 0.15) is 20.3 Å². The first kappa shape index (κ1) is 17.3. The van der Waals surface area contributed by atoms with Gasteiger partial charge in [-0.1, -0.05) is 0 Å². The number of anilines is 1. The van der Waals surface area contributed by atoms with Crippen molar-refractivity contribution in [2.75, 3.05) is 26.1 Å². The summed E-state index contributed by atoms with van der Waals surface area (Å²) < 4.78 is 10.4. The molecular weight excluding hydrogens is 272 g/mol. The summed E-state index contributed by atoms with van der Waals surface area (Å²) in [7, 11) is 3.11. The molecule has 0 radical (unpaired) electrons. The van der Waals surface area contributed by atoms with E-state index in [1.165, 1.54) is 0 Å². The van der Waals surface area contributed by atoms with Crippen LogP contribution in [0.15, 0.2) is 18.2 Å². The Hall–Kier alpha value is -1.79. The Kier molecular flexibility index (Phi) is 6.98. The topological polar surface area (TPSA) is 79.8 Å². The number of ether oxygens (including phenoxy) is 2. The normalized spacial score (nSPS) is 13.4. The lowest BCUT2D eigenvalue weighted by Crippen LogP contribution is -2.38. The predicted octanol–water partition coefficient (Wildman–Crippen LogP) is 1.39. The number of hydrogen-bond donors (Lipinski definition) is 3. The second-order valence-electron chi connectivity index (χ2n) is 4.97. The maximum absolute atomic E-state index is 12.1. The summed E-state index contributed by atoms with van der Waals surface area (Å²) in [4.78, 5) is 12.1. The standard InChI is InChI=1S/C15H24N2O4/c1-10(16-11(2)9-18)7-15(19)17-13-8-12(20-3)5-6-14(13)21-4/h5-6,8,10-11,16,18H,7,9H2,1-4H3,(H,17,19)/t10?,11-/m1/s1. The molecule has 1 unspecified atom stereocenters. The highest BCUT2D eigenvalue weighted by molar-refractivity contribution is 5.92. The van der Waals surface area contributed by atoms with Crippen molar-refractivity contribution >= 4 is 11.6 Å². The average Bonchev–Trinajstić information content (AvgIpc) is 2.46. The Morgan fingerprint density at radius 3 is 2.52 bits per heavy atom. The van der Waals surface area contributed by atoms with Crippen molar-refractivity contribution in [3.05, 3.63) is 18.2 Å². The Balaban J connectivity index is 2.65. The van der Waals surface area contributed by atoms with E-state index >= 15 is 0 Å². The molecule has 118 valence electrons. The third kappa shape index (κ3) is 5.61. The molecule has 0 aliphatic heterocycles. The smallest absolute Gasteiger partial charge is 0.226 e. The summed E-state index contributed by atoms with van der Waals surface area (Å²) >= 11 is 0. The molecule has 2 atom stereocenters. The highest BCUT2D eigenvalue weighted by atomic mass is 16.5. The minimum absolute atomic E-state index is 0.0374. The SMILES string of the molecule is COc1ccc(OC)c(NC(=O)CC(C)N[C@H](C)CO)c1. The first-order valence-electron chi connectivity index (χ1n) is 6.89. The second-order valence-corrected chi connectivity index (χ2v) is 4.97. The van der Waals surface area contributed by atoms with Crippen molar-refractivity contribution in [1.82, 2.24) is 5.32 Å². The molecule has 0 saturated heterocycles. The van der Waals surface area contributed by atoms with Gasteiger partial charge in [-0.2, -0.15) is 0 Å². The molecule has 0 spiro atoms. The van der Waals surface area contributed by atoms with Crippen LogP contribution < -0.4 is 20.1 Å². The molecule has 0 aliphatic rings. The molecule has 0 fully saturated rings. The van der Waals surface area contributed by atoms with Crippen LogP contribution in [0, 0.1) is 0 Å². The highest BCUT2D eigenvalue weighted by Crippen LogP contribution is 2.28. The van der Waals surface area contributed by atoms with Crippen LogP contribution in [0.3, 0.4) is 0 Å². The molecule has 1 rings (SSSR count). The number of nitrogens with one attached hydrogen (secondary N) is 2. The zero-order valence-electron chi connectivity index (χ0n) is 13.0. The molecule has 6 nitrogen and oxygen atoms in total. The van der Waals surface area contributed by atoms with Gasteiger partial charge in [0.15, 0.2) is 0 Å². The molecule has 0 aliphatic carbocycles. The summed E-state index contributed by atoms with van der Waals surface area (Å²) in [5, 5.41) is 14.9. The van der Waals surface area contributed by atoms with Crippen LogP contribution in [0.4, 0.5) is 5.69 Å². The van der Waals surface area contributed by atoms with Gasteiger partial charge in [0, 0.05) is 24.6 Å². The Bertz CT molecular complexity index is 465. The first-order valence-corrected chi connectivity index (χ1v) is 6.89. The average molecular weight is 296 g/mol. The Labute approximate surface area is 125 Å². The minimum Gasteiger partial charge on any atom is -0.497 e. The van der Waals surface area contributed by atoms with Gasteiger partial charge in [0.05, 0.1) is 26.5 Å². The van der Waals surface area contributed by atoms with E-state index < -0.39 is 0 Å². The van der Waals surface area contributed by atoms with Gasteiger partial charge in [-0.05, 0) is 26.0 Å². The molecule has 0 heterocycles. The lowest BCUT2D eigenvalue weighted by atomic mass is 10.2. The van der Waals surface area contributed by atoms with Gasteiger partial charge in [0.25, 0.3) is 0 Å². The van der Waals surface area contributed by atoms with Crippen molar-refractivity contribution in [2.24, 2.45) is 0 Å². The van der Waals surface area contributed by atoms with E-state index in [0.29, 0.717) is 23.6 Å². The van der Waals surface area contributed by atoms with Crippen molar-refractivity contribution in [1.29, 1.82) is 0 Å². The summed E-state index contributed by atoms with van der Waals surface area (Å²) in [6.45, 7) is 3.80. The van der Waals surface area contributed by atoms with E-state index in [9.17, 15) is 4.79 Å². The first-order chi connectivity index (χ1) is 9.99. The van der Waals surface area contributed by atoms with E-state index in [1.54, 1.807) is 32.4 Å². The van der Waals surface area contributed by atoms with Crippen molar-refractivity contribution < 1.29 is 19.4 Å². The number of aliphatic hydroxyl groups is 1. The van der Waals surface area contributed by atoms with E-state index in [4.69, 9.17) is 14.6 Å². The third-order valence-electron chi connectivity index (χ3n) is 3.02. The molecular formula is C15H24N2O4. The van der Waals surface area contributed by atoms with Gasteiger partial charge >= 0.3 is 0 Å². The second kappa shape index (κ2) is 8.49. The van der Waals surface area contributed by atoms with Crippen LogP contribution >= 0.6 is 0 Å². The van der Waals surface area contributed by atoms with Gasteiger partial charge in [0.1, 0.15) is 11.5 Å². The van der Waals surface area contributed by atoms with Crippen LogP contribution in [-0.4, -0.2) is 43.9 Å². The van der Waals surface area contributed by atoms with E-state index in [1.807, 2.05) is 13.8 Å². The van der Waals surface area contributed by atoms with Gasteiger partial charge in [-0.3, -0.25) is 4.79 Å². The highest BCUT2D eigenvalue weighted by Gasteiger charge is 2.13. The summed E-state index contributed by atoms with van der Waals surface area (Å²) in [5.41, 5.74) is 0.573. The van der Waals surface area contributed by atoms with Crippen LogP contribution in [0.5, 0.6) is 11.5 Å². The Morgan fingerprint density at radius 1 is 1.24 bits per heavy atom. The van der Waals surface area contributed by atoms with Crippen LogP contribution in [0.2, 0.25) is 0 Å². The predicted molar refractivity (Wildman–Crippen MR) is 81.9 cm³/mol. The number of methoxy groups -OCH3 is 2. The zero-order chi connectivity index (χ0) is 15.8. The van der Waals surface area contributed by atoms with Crippen molar-refractivity contribution in [2.45, 2.75) is 32.4 Å². The molecule has 3 N–H and O–H groups in total. The lowest BCUT2D eigenvalue weighted by molar-refractivity contribution is -0.116. The molecule has 0 saturated carbocycles. The minimum atomic E-state index is -0.133. The molecule has 0 aromatic heterocycles. The fourth-order valence-corrected chi connectivity index (χ4v) is 1.99. The quantitative estimate of drug-likeness (QED) is 0.675. The van der Waals surface area contributed by atoms with Crippen molar-refractivity contribution in [3.8, 4) is 11.5 Å². The lowest BCUT2D eigenvalue weighted by Gasteiger charge is -2.18. The number of rotatable bonds is 8. The summed E-state index contributed by atoms with van der Waals surface area (Å²) in [6, 6.07) is 5.14. The van der Waals surface area contributed by atoms with Gasteiger partial charge in [-0.15, -0.1) is 0 Å². The molecule has 1 aromatic carbocycles. The van der Waals surface area contributed by atoms with E-state index in [2.05, 4.69) is 10.6 Å². The molecule has 1 amide bonds. The maximum atomic E-state index is 12.1. The molecule has 1 aromatic rings. The fourth-order valence-electron chi connectivity index (χ4n) is 1.99. The molecule has 21 heavy (non-hydrogen) atoms. The molecule has 6 heteroatoms. The van der Waals surface area contributed by atoms with E-state index in [0.717, 1.165) is 0 Å². The van der Waals surface area contributed by atoms with E-state index in [-0.39, 0.29) is 24.6 Å². The number of hydrogen-bond acceptors (Lipinski definition) is 5. The van der Waals surface area contributed by atoms with Gasteiger partial charge in [0.2, 0.25) is 5.91 Å². The summed E-state index contributed by atoms with van der Waals surface area (Å²) in [6.07, 6.45) is 0.296. The zero-order valence-corrected chi connectivity index (χ0v) is 13.0.